The minimum absolute atomic E-state index is 0.821. The molecule has 0 spiro atoms. The van der Waals surface area contributed by atoms with Gasteiger partial charge < -0.3 is 4.42 Å². The van der Waals surface area contributed by atoms with Crippen molar-refractivity contribution in [1.82, 2.24) is 4.98 Å². The summed E-state index contributed by atoms with van der Waals surface area (Å²) in [6, 6.07) is 9.61. The maximum absolute atomic E-state index is 5.62. The molecule has 3 rings (SSSR count). The second-order valence-electron chi connectivity index (χ2n) is 3.13. The molecule has 0 amide bonds. The molecule has 0 aliphatic carbocycles. The summed E-state index contributed by atoms with van der Waals surface area (Å²) in [4.78, 5) is 5.18. The van der Waals surface area contributed by atoms with E-state index in [0.29, 0.717) is 0 Å². The smallest absolute Gasteiger partial charge is 0.153 e. The average molecular weight is 201 g/mol. The number of pyridine rings is 1. The van der Waals surface area contributed by atoms with E-state index in [2.05, 4.69) is 17.6 Å². The maximum atomic E-state index is 5.62. The van der Waals surface area contributed by atoms with Crippen LogP contribution < -0.4 is 0 Å². The lowest BCUT2D eigenvalue weighted by atomic mass is 10.2. The molecule has 2 heterocycles. The Morgan fingerprint density at radius 2 is 2.07 bits per heavy atom. The van der Waals surface area contributed by atoms with Crippen molar-refractivity contribution < 1.29 is 4.42 Å². The molecule has 0 saturated carbocycles. The number of hydrogen-bond donors (Lipinski definition) is 1. The summed E-state index contributed by atoms with van der Waals surface area (Å²) in [5.74, 6) is 0. The van der Waals surface area contributed by atoms with Crippen LogP contribution in [0.5, 0.6) is 0 Å². The first kappa shape index (κ1) is 7.88. The average Bonchev–Trinajstić information content (AvgIpc) is 2.54. The third-order valence-electron chi connectivity index (χ3n) is 2.21. The first-order chi connectivity index (χ1) is 6.84. The number of nitrogens with zero attached hydrogens (tertiary/aromatic N) is 1. The quantitative estimate of drug-likeness (QED) is 0.565. The van der Waals surface area contributed by atoms with Crippen LogP contribution in [0.4, 0.5) is 0 Å². The molecule has 68 valence electrons. The summed E-state index contributed by atoms with van der Waals surface area (Å²) >= 11 is 4.26. The second kappa shape index (κ2) is 2.75. The summed E-state index contributed by atoms with van der Waals surface area (Å²) < 4.78 is 5.62. The van der Waals surface area contributed by atoms with Gasteiger partial charge in [0.15, 0.2) is 5.58 Å². The molecule has 0 fully saturated rings. The van der Waals surface area contributed by atoms with Crippen LogP contribution in [-0.2, 0) is 0 Å². The fourth-order valence-electron chi connectivity index (χ4n) is 1.58. The highest BCUT2D eigenvalue weighted by Gasteiger charge is 2.06. The van der Waals surface area contributed by atoms with E-state index in [1.54, 1.807) is 6.20 Å². The van der Waals surface area contributed by atoms with Crippen molar-refractivity contribution in [1.29, 1.82) is 0 Å². The maximum Gasteiger partial charge on any atom is 0.153 e. The van der Waals surface area contributed by atoms with Gasteiger partial charge in [0.05, 0.1) is 0 Å². The highest BCUT2D eigenvalue weighted by molar-refractivity contribution is 7.80. The van der Waals surface area contributed by atoms with Crippen LogP contribution in [0.1, 0.15) is 0 Å². The molecule has 3 aromatic rings. The summed E-state index contributed by atoms with van der Waals surface area (Å²) in [6.45, 7) is 0. The van der Waals surface area contributed by atoms with Crippen molar-refractivity contribution in [3.8, 4) is 0 Å². The number of fused-ring (bicyclic) bond motifs is 3. The van der Waals surface area contributed by atoms with Gasteiger partial charge in [-0.25, -0.2) is 0 Å². The first-order valence-electron chi connectivity index (χ1n) is 4.31. The minimum atomic E-state index is 0.821. The monoisotopic (exact) mass is 201 g/mol. The largest absolute Gasteiger partial charge is 0.454 e. The lowest BCUT2D eigenvalue weighted by Gasteiger charge is -1.89. The van der Waals surface area contributed by atoms with Crippen LogP contribution in [0.2, 0.25) is 0 Å². The van der Waals surface area contributed by atoms with Crippen LogP contribution in [-0.4, -0.2) is 4.98 Å². The Morgan fingerprint density at radius 3 is 3.00 bits per heavy atom. The van der Waals surface area contributed by atoms with E-state index in [9.17, 15) is 0 Å². The molecule has 2 aromatic heterocycles. The van der Waals surface area contributed by atoms with E-state index in [4.69, 9.17) is 4.42 Å². The van der Waals surface area contributed by atoms with Crippen molar-refractivity contribution in [3.63, 3.8) is 0 Å². The van der Waals surface area contributed by atoms with E-state index < -0.39 is 0 Å². The zero-order valence-corrected chi connectivity index (χ0v) is 8.16. The highest BCUT2D eigenvalue weighted by atomic mass is 32.1. The molecule has 0 saturated heterocycles. The molecule has 0 N–H and O–H groups in total. The van der Waals surface area contributed by atoms with Crippen LogP contribution in [0, 0.1) is 0 Å². The topological polar surface area (TPSA) is 26.0 Å². The Labute approximate surface area is 86.0 Å². The Balaban J connectivity index is 2.57. The summed E-state index contributed by atoms with van der Waals surface area (Å²) in [5, 5.41) is 1.04. The number of aromatic nitrogens is 1. The Bertz CT molecular complexity index is 615. The number of hydrogen-bond acceptors (Lipinski definition) is 3. The molecular weight excluding hydrogens is 194 g/mol. The van der Waals surface area contributed by atoms with Gasteiger partial charge in [-0.3, -0.25) is 4.98 Å². The van der Waals surface area contributed by atoms with E-state index in [0.717, 1.165) is 27.0 Å². The van der Waals surface area contributed by atoms with Crippen LogP contribution in [0.15, 0.2) is 45.8 Å². The third-order valence-corrected chi connectivity index (χ3v) is 2.49. The molecule has 0 radical (unpaired) electrons. The lowest BCUT2D eigenvalue weighted by molar-refractivity contribution is 0.667. The van der Waals surface area contributed by atoms with Gasteiger partial charge in [-0.2, -0.15) is 0 Å². The van der Waals surface area contributed by atoms with Crippen molar-refractivity contribution in [3.05, 3.63) is 36.5 Å². The van der Waals surface area contributed by atoms with Gasteiger partial charge in [-0.05, 0) is 30.3 Å². The normalized spacial score (nSPS) is 11.2. The molecule has 0 unspecified atom stereocenters. The molecule has 0 aliphatic heterocycles. The summed E-state index contributed by atoms with van der Waals surface area (Å²) in [6.07, 6.45) is 1.77. The number of thiol groups is 1. The molecule has 0 atom stereocenters. The van der Waals surface area contributed by atoms with E-state index in [-0.39, 0.29) is 0 Å². The van der Waals surface area contributed by atoms with Crippen molar-refractivity contribution in [2.75, 3.05) is 0 Å². The third kappa shape index (κ3) is 1.02. The molecular formula is C11H7NOS. The molecule has 0 bridgehead atoms. The van der Waals surface area contributed by atoms with Gasteiger partial charge in [0.25, 0.3) is 0 Å². The van der Waals surface area contributed by atoms with E-state index in [1.807, 2.05) is 30.3 Å². The predicted molar refractivity (Wildman–Crippen MR) is 58.8 cm³/mol. The van der Waals surface area contributed by atoms with Crippen molar-refractivity contribution in [2.24, 2.45) is 0 Å². The standard InChI is InChI=1S/C11H7NOS/c14-7-3-4-8-10(6-7)13-9-2-1-5-12-11(8)9/h1-6,14H. The van der Waals surface area contributed by atoms with Gasteiger partial charge >= 0.3 is 0 Å². The van der Waals surface area contributed by atoms with Gasteiger partial charge in [0.1, 0.15) is 11.1 Å². The van der Waals surface area contributed by atoms with E-state index >= 15 is 0 Å². The number of furan rings is 1. The molecule has 3 heteroatoms. The lowest BCUT2D eigenvalue weighted by Crippen LogP contribution is -1.71. The second-order valence-corrected chi connectivity index (χ2v) is 3.65. The van der Waals surface area contributed by atoms with Crippen LogP contribution in [0.3, 0.4) is 0 Å². The van der Waals surface area contributed by atoms with Gasteiger partial charge in [-0.15, -0.1) is 12.6 Å². The predicted octanol–water partition coefficient (Wildman–Crippen LogP) is 3.27. The minimum Gasteiger partial charge on any atom is -0.454 e. The summed E-state index contributed by atoms with van der Waals surface area (Å²) in [5.41, 5.74) is 2.57. The van der Waals surface area contributed by atoms with Crippen molar-refractivity contribution in [2.45, 2.75) is 4.90 Å². The zero-order chi connectivity index (χ0) is 9.54. The number of benzene rings is 1. The SMILES string of the molecule is Sc1ccc2c(c1)oc1cccnc12. The van der Waals surface area contributed by atoms with Crippen molar-refractivity contribution >= 4 is 34.7 Å². The Morgan fingerprint density at radius 1 is 1.14 bits per heavy atom. The number of rotatable bonds is 0. The van der Waals surface area contributed by atoms with Gasteiger partial charge in [0, 0.05) is 16.5 Å². The first-order valence-corrected chi connectivity index (χ1v) is 4.75. The zero-order valence-electron chi connectivity index (χ0n) is 7.27. The van der Waals surface area contributed by atoms with E-state index in [1.165, 1.54) is 0 Å². The molecule has 0 aliphatic rings. The van der Waals surface area contributed by atoms with Crippen LogP contribution in [0.25, 0.3) is 22.1 Å². The fourth-order valence-corrected chi connectivity index (χ4v) is 1.78. The summed E-state index contributed by atoms with van der Waals surface area (Å²) in [7, 11) is 0. The fraction of sp³-hybridized carbons (Fsp3) is 0. The Kier molecular flexibility index (Phi) is 1.55. The van der Waals surface area contributed by atoms with Crippen LogP contribution >= 0.6 is 12.6 Å². The van der Waals surface area contributed by atoms with Gasteiger partial charge in [-0.1, -0.05) is 0 Å². The van der Waals surface area contributed by atoms with Gasteiger partial charge in [0.2, 0.25) is 0 Å². The highest BCUT2D eigenvalue weighted by Crippen LogP contribution is 2.27. The Hall–Kier alpha value is -1.48. The molecule has 2 nitrogen and oxygen atoms in total. The molecule has 1 aromatic carbocycles. The molecule has 14 heavy (non-hydrogen) atoms.